The van der Waals surface area contributed by atoms with Crippen molar-refractivity contribution in [2.75, 3.05) is 31.5 Å². The van der Waals surface area contributed by atoms with Gasteiger partial charge in [0.1, 0.15) is 0 Å². The summed E-state index contributed by atoms with van der Waals surface area (Å²) in [5.74, 6) is 0.566. The van der Waals surface area contributed by atoms with E-state index in [-0.39, 0.29) is 11.8 Å². The summed E-state index contributed by atoms with van der Waals surface area (Å²) in [5, 5.41) is 2.88. The number of nitrogens with zero attached hydrogens (tertiary/aromatic N) is 3. The second-order valence-corrected chi connectivity index (χ2v) is 9.60. The highest BCUT2D eigenvalue weighted by Crippen LogP contribution is 2.27. The molecule has 0 aliphatic carbocycles. The molecule has 0 saturated carbocycles. The molecule has 2 aliphatic rings. The van der Waals surface area contributed by atoms with Crippen molar-refractivity contribution in [1.82, 2.24) is 13.6 Å². The molecule has 3 rings (SSSR count). The molecule has 7 nitrogen and oxygen atoms in total. The maximum absolute atomic E-state index is 12.9. The van der Waals surface area contributed by atoms with Crippen molar-refractivity contribution in [3.63, 3.8) is 0 Å². The molecular formula is C18H28N4O3S. The number of pyridine rings is 1. The molecule has 2 aliphatic heterocycles. The van der Waals surface area contributed by atoms with E-state index in [2.05, 4.69) is 24.1 Å². The normalized spacial score (nSPS) is 26.5. The van der Waals surface area contributed by atoms with Gasteiger partial charge in [0.2, 0.25) is 5.91 Å². The van der Waals surface area contributed by atoms with Gasteiger partial charge in [0.05, 0.1) is 0 Å². The number of piperidine rings is 2. The zero-order valence-corrected chi connectivity index (χ0v) is 16.3. The van der Waals surface area contributed by atoms with Crippen LogP contribution in [0.4, 0.5) is 5.69 Å². The van der Waals surface area contributed by atoms with Gasteiger partial charge in [0.15, 0.2) is 0 Å². The van der Waals surface area contributed by atoms with Crippen molar-refractivity contribution in [2.24, 2.45) is 17.8 Å². The first-order valence-electron chi connectivity index (χ1n) is 9.32. The van der Waals surface area contributed by atoms with Crippen molar-refractivity contribution >= 4 is 21.8 Å². The van der Waals surface area contributed by atoms with Crippen molar-refractivity contribution in [2.45, 2.75) is 33.1 Å². The monoisotopic (exact) mass is 380 g/mol. The molecule has 1 amide bonds. The fourth-order valence-corrected chi connectivity index (χ4v) is 5.87. The van der Waals surface area contributed by atoms with Crippen LogP contribution in [0.3, 0.4) is 0 Å². The smallest absolute Gasteiger partial charge is 0.281 e. The third-order valence-electron chi connectivity index (χ3n) is 5.26. The molecule has 0 aromatic carbocycles. The molecule has 0 radical (unpaired) electrons. The van der Waals surface area contributed by atoms with E-state index in [1.165, 1.54) is 0 Å². The van der Waals surface area contributed by atoms with E-state index in [9.17, 15) is 13.2 Å². The Balaban J connectivity index is 1.56. The Hall–Kier alpha value is -1.51. The van der Waals surface area contributed by atoms with Gasteiger partial charge in [0.25, 0.3) is 10.2 Å². The minimum absolute atomic E-state index is 0.0477. The molecule has 1 aromatic heterocycles. The van der Waals surface area contributed by atoms with Crippen LogP contribution in [0.5, 0.6) is 0 Å². The highest BCUT2D eigenvalue weighted by Gasteiger charge is 2.37. The van der Waals surface area contributed by atoms with Crippen LogP contribution in [-0.2, 0) is 15.0 Å². The van der Waals surface area contributed by atoms with E-state index in [0.717, 1.165) is 12.1 Å². The van der Waals surface area contributed by atoms with E-state index >= 15 is 0 Å². The second-order valence-electron chi connectivity index (χ2n) is 7.67. The van der Waals surface area contributed by atoms with Crippen LogP contribution in [0.25, 0.3) is 0 Å². The summed E-state index contributed by atoms with van der Waals surface area (Å²) in [6, 6.07) is 3.49. The Bertz CT molecular complexity index is 707. The van der Waals surface area contributed by atoms with E-state index in [1.54, 1.807) is 33.1 Å². The molecule has 1 N–H and O–H groups in total. The Labute approximate surface area is 156 Å². The average molecular weight is 381 g/mol. The second kappa shape index (κ2) is 8.02. The predicted molar refractivity (Wildman–Crippen MR) is 101 cm³/mol. The number of amides is 1. The van der Waals surface area contributed by atoms with Gasteiger partial charge in [-0.1, -0.05) is 13.8 Å². The maximum atomic E-state index is 12.9. The SMILES string of the molecule is C[C@H]1C[C@H](C)CN(S(=O)(=O)N2CCC(C(=O)Nc3ccncc3)CC2)C1. The van der Waals surface area contributed by atoms with Crippen LogP contribution >= 0.6 is 0 Å². The van der Waals surface area contributed by atoms with Gasteiger partial charge in [0, 0.05) is 50.2 Å². The van der Waals surface area contributed by atoms with Crippen LogP contribution < -0.4 is 5.32 Å². The summed E-state index contributed by atoms with van der Waals surface area (Å²) in [5.41, 5.74) is 0.719. The molecule has 1 aromatic rings. The molecule has 0 bridgehead atoms. The lowest BCUT2D eigenvalue weighted by Gasteiger charge is -2.39. The Kier molecular flexibility index (Phi) is 5.94. The van der Waals surface area contributed by atoms with Gasteiger partial charge in [-0.3, -0.25) is 9.78 Å². The number of carbonyl (C=O) groups excluding carboxylic acids is 1. The number of anilines is 1. The van der Waals surface area contributed by atoms with Gasteiger partial charge in [-0.05, 0) is 43.2 Å². The first-order chi connectivity index (χ1) is 12.4. The van der Waals surface area contributed by atoms with Crippen LogP contribution in [-0.4, -0.2) is 54.1 Å². The number of hydrogen-bond donors (Lipinski definition) is 1. The van der Waals surface area contributed by atoms with E-state index in [1.807, 2.05) is 0 Å². The summed E-state index contributed by atoms with van der Waals surface area (Å²) in [6.07, 6.45) is 5.43. The lowest BCUT2D eigenvalue weighted by atomic mass is 9.94. The van der Waals surface area contributed by atoms with Crippen molar-refractivity contribution in [3.05, 3.63) is 24.5 Å². The summed E-state index contributed by atoms with van der Waals surface area (Å²) < 4.78 is 29.1. The maximum Gasteiger partial charge on any atom is 0.281 e. The van der Waals surface area contributed by atoms with Gasteiger partial charge in [-0.2, -0.15) is 17.0 Å². The average Bonchev–Trinajstić information content (AvgIpc) is 2.62. The van der Waals surface area contributed by atoms with Crippen molar-refractivity contribution < 1.29 is 13.2 Å². The molecular weight excluding hydrogens is 352 g/mol. The topological polar surface area (TPSA) is 82.6 Å². The largest absolute Gasteiger partial charge is 0.326 e. The van der Waals surface area contributed by atoms with Gasteiger partial charge in [-0.15, -0.1) is 0 Å². The van der Waals surface area contributed by atoms with E-state index < -0.39 is 10.2 Å². The number of rotatable bonds is 4. The molecule has 26 heavy (non-hydrogen) atoms. The standard InChI is InChI=1S/C18H28N4O3S/c1-14-11-15(2)13-22(12-14)26(24,25)21-9-5-16(6-10-21)18(23)20-17-3-7-19-8-4-17/h3-4,7-8,14-16H,5-6,9-13H2,1-2H3,(H,19,20,23)/t14-,15-/m0/s1. The number of hydrogen-bond acceptors (Lipinski definition) is 4. The highest BCUT2D eigenvalue weighted by molar-refractivity contribution is 7.86. The number of carbonyl (C=O) groups is 1. The lowest BCUT2D eigenvalue weighted by Crippen LogP contribution is -2.52. The van der Waals surface area contributed by atoms with E-state index in [0.29, 0.717) is 50.9 Å². The quantitative estimate of drug-likeness (QED) is 0.866. The van der Waals surface area contributed by atoms with Crippen molar-refractivity contribution in [1.29, 1.82) is 0 Å². The predicted octanol–water partition coefficient (Wildman–Crippen LogP) is 1.95. The summed E-state index contributed by atoms with van der Waals surface area (Å²) >= 11 is 0. The first kappa shape index (κ1) is 19.3. The molecule has 8 heteroatoms. The van der Waals surface area contributed by atoms with Crippen LogP contribution in [0, 0.1) is 17.8 Å². The molecule has 0 spiro atoms. The van der Waals surface area contributed by atoms with Crippen LogP contribution in [0.2, 0.25) is 0 Å². The Morgan fingerprint density at radius 1 is 1.08 bits per heavy atom. The Morgan fingerprint density at radius 2 is 1.65 bits per heavy atom. The van der Waals surface area contributed by atoms with E-state index in [4.69, 9.17) is 0 Å². The minimum Gasteiger partial charge on any atom is -0.326 e. The fourth-order valence-electron chi connectivity index (χ4n) is 3.99. The molecule has 2 atom stereocenters. The molecule has 0 unspecified atom stereocenters. The molecule has 2 fully saturated rings. The third-order valence-corrected chi connectivity index (χ3v) is 7.23. The van der Waals surface area contributed by atoms with Gasteiger partial charge >= 0.3 is 0 Å². The van der Waals surface area contributed by atoms with Gasteiger partial charge in [-0.25, -0.2) is 0 Å². The molecule has 3 heterocycles. The number of nitrogens with one attached hydrogen (secondary N) is 1. The highest BCUT2D eigenvalue weighted by atomic mass is 32.2. The summed E-state index contributed by atoms with van der Waals surface area (Å²) in [7, 11) is -3.43. The molecule has 2 saturated heterocycles. The summed E-state index contributed by atoms with van der Waals surface area (Å²) in [6.45, 7) is 6.19. The lowest BCUT2D eigenvalue weighted by molar-refractivity contribution is -0.120. The van der Waals surface area contributed by atoms with Crippen molar-refractivity contribution in [3.8, 4) is 0 Å². The fraction of sp³-hybridized carbons (Fsp3) is 0.667. The first-order valence-corrected chi connectivity index (χ1v) is 10.7. The number of aromatic nitrogens is 1. The minimum atomic E-state index is -3.43. The van der Waals surface area contributed by atoms with Gasteiger partial charge < -0.3 is 5.32 Å². The third kappa shape index (κ3) is 4.42. The van der Waals surface area contributed by atoms with Crippen LogP contribution in [0.1, 0.15) is 33.1 Å². The Morgan fingerprint density at radius 3 is 2.23 bits per heavy atom. The summed E-state index contributed by atoms with van der Waals surface area (Å²) in [4.78, 5) is 16.3. The zero-order chi connectivity index (χ0) is 18.7. The zero-order valence-electron chi connectivity index (χ0n) is 15.5. The van der Waals surface area contributed by atoms with Crippen LogP contribution in [0.15, 0.2) is 24.5 Å². The molecule has 144 valence electrons.